The van der Waals surface area contributed by atoms with Crippen molar-refractivity contribution in [3.63, 3.8) is 0 Å². The summed E-state index contributed by atoms with van der Waals surface area (Å²) < 4.78 is 0. The zero-order valence-electron chi connectivity index (χ0n) is 19.8. The number of hydrogen-bond acceptors (Lipinski definition) is 3. The third-order valence-electron chi connectivity index (χ3n) is 6.62. The molecule has 2 aliphatic rings. The second kappa shape index (κ2) is 10.6. The van der Waals surface area contributed by atoms with E-state index in [1.54, 1.807) is 0 Å². The minimum atomic E-state index is -0.0703. The molecule has 0 aliphatic carbocycles. The van der Waals surface area contributed by atoms with Crippen molar-refractivity contribution in [2.75, 3.05) is 25.5 Å². The summed E-state index contributed by atoms with van der Waals surface area (Å²) in [7, 11) is 2.16. The van der Waals surface area contributed by atoms with Crippen LogP contribution in [0.2, 0.25) is 0 Å². The zero-order chi connectivity index (χ0) is 23.2. The van der Waals surface area contributed by atoms with Gasteiger partial charge in [-0.05, 0) is 56.1 Å². The molecular weight excluding hydrogens is 408 g/mol. The van der Waals surface area contributed by atoms with Crippen LogP contribution in [-0.2, 0) is 4.79 Å². The van der Waals surface area contributed by atoms with Crippen LogP contribution in [0, 0.1) is 12.0 Å². The molecule has 4 rings (SSSR count). The molecule has 170 valence electrons. The van der Waals surface area contributed by atoms with Crippen LogP contribution < -0.4 is 5.32 Å². The molecule has 0 aromatic heterocycles. The molecule has 1 N–H and O–H groups in total. The van der Waals surface area contributed by atoms with Crippen LogP contribution in [0.4, 0.5) is 5.69 Å². The lowest BCUT2D eigenvalue weighted by atomic mass is 9.86. The first-order valence-electron chi connectivity index (χ1n) is 11.9. The van der Waals surface area contributed by atoms with E-state index in [0.29, 0.717) is 6.04 Å². The number of carbonyl (C=O) groups is 1. The second-order valence-electron chi connectivity index (χ2n) is 9.24. The Morgan fingerprint density at radius 3 is 2.48 bits per heavy atom. The lowest BCUT2D eigenvalue weighted by molar-refractivity contribution is -0.113. The van der Waals surface area contributed by atoms with Gasteiger partial charge in [0.25, 0.3) is 11.9 Å². The molecule has 0 radical (unpaired) electrons. The van der Waals surface area contributed by atoms with E-state index in [4.69, 9.17) is 0 Å². The van der Waals surface area contributed by atoms with Gasteiger partial charge in [-0.2, -0.15) is 0 Å². The topological polar surface area (TPSA) is 49.1 Å². The van der Waals surface area contributed by atoms with E-state index in [2.05, 4.69) is 64.4 Å². The Bertz CT molecular complexity index is 1080. The number of anilines is 1. The van der Waals surface area contributed by atoms with E-state index in [1.165, 1.54) is 5.56 Å². The highest BCUT2D eigenvalue weighted by molar-refractivity contribution is 6.04. The minimum Gasteiger partial charge on any atom is -0.322 e. The summed E-state index contributed by atoms with van der Waals surface area (Å²) in [5.74, 6) is 0.189. The number of para-hydroxylation sites is 1. The van der Waals surface area contributed by atoms with Crippen LogP contribution in [0.25, 0.3) is 4.85 Å². The Morgan fingerprint density at radius 1 is 1.09 bits per heavy atom. The van der Waals surface area contributed by atoms with Gasteiger partial charge in [-0.25, -0.2) is 0 Å². The minimum absolute atomic E-state index is 0.0703. The van der Waals surface area contributed by atoms with E-state index in [9.17, 15) is 4.79 Å². The van der Waals surface area contributed by atoms with Crippen molar-refractivity contribution >= 4 is 17.8 Å². The first-order valence-corrected chi connectivity index (χ1v) is 11.9. The van der Waals surface area contributed by atoms with Gasteiger partial charge in [-0.15, -0.1) is 0 Å². The number of hydrogen-bond donors (Lipinski definition) is 1. The summed E-state index contributed by atoms with van der Waals surface area (Å²) in [4.78, 5) is 24.7. The van der Waals surface area contributed by atoms with Crippen molar-refractivity contribution in [1.82, 2.24) is 4.90 Å². The Hall–Kier alpha value is -3.23. The lowest BCUT2D eigenvalue weighted by Gasteiger charge is -2.20. The zero-order valence-corrected chi connectivity index (χ0v) is 19.8. The smallest absolute Gasteiger partial charge is 0.311 e. The number of piperidine rings is 1. The molecule has 0 spiro atoms. The van der Waals surface area contributed by atoms with Gasteiger partial charge in [-0.1, -0.05) is 42.1 Å². The Kier molecular flexibility index (Phi) is 7.36. The number of rotatable bonds is 3. The number of allylic oxidation sites excluding steroid dienone is 1. The molecule has 0 saturated carbocycles. The van der Waals surface area contributed by atoms with E-state index in [-0.39, 0.29) is 17.7 Å². The fraction of sp³-hybridized carbons (Fsp3) is 0.393. The van der Waals surface area contributed by atoms with Gasteiger partial charge in [0, 0.05) is 55.0 Å². The predicted octanol–water partition coefficient (Wildman–Crippen LogP) is 5.57. The molecule has 1 fully saturated rings. The standard InChI is InChI=1S/C28H32N4O/c1-20-17-24(19-29-21(2)27(20)28(33)31-26-7-5-4-6-8-26)23-11-9-22(10-12-23)18-30-25-13-15-32(3)16-14-25/h4-12,19-20,24-25H,13-17H2,1-3H3/p+1. The molecule has 2 aromatic carbocycles. The molecule has 2 heterocycles. The number of nitrogens with one attached hydrogen (secondary N) is 1. The number of nitrogens with zero attached hydrogens (tertiary/aromatic N) is 3. The summed E-state index contributed by atoms with van der Waals surface area (Å²) >= 11 is 0. The molecule has 2 unspecified atom stereocenters. The van der Waals surface area contributed by atoms with Crippen molar-refractivity contribution < 1.29 is 4.79 Å². The molecule has 5 heteroatoms. The average Bonchev–Trinajstić information content (AvgIpc) is 2.97. The largest absolute Gasteiger partial charge is 0.322 e. The number of benzene rings is 2. The first kappa shape index (κ1) is 22.9. The SMILES string of the molecule is CC1=C(C(=O)Nc2ccccc2)C(C)CC(c2ccc(C#[N+]C3CCN(C)CC3)cc2)C=N1. The van der Waals surface area contributed by atoms with Crippen LogP contribution in [0.1, 0.15) is 50.2 Å². The van der Waals surface area contributed by atoms with E-state index >= 15 is 0 Å². The van der Waals surface area contributed by atoms with Crippen molar-refractivity contribution in [3.05, 3.63) is 81.8 Å². The Balaban J connectivity index is 1.41. The second-order valence-corrected chi connectivity index (χ2v) is 9.24. The quantitative estimate of drug-likeness (QED) is 0.677. The molecule has 2 aromatic rings. The molecule has 1 amide bonds. The summed E-state index contributed by atoms with van der Waals surface area (Å²) in [6.07, 6.45) is 5.03. The van der Waals surface area contributed by atoms with Crippen molar-refractivity contribution in [1.29, 1.82) is 0 Å². The summed E-state index contributed by atoms with van der Waals surface area (Å²) in [5, 5.41) is 3.01. The van der Waals surface area contributed by atoms with Crippen molar-refractivity contribution in [2.24, 2.45) is 10.9 Å². The maximum atomic E-state index is 13.0. The summed E-state index contributed by atoms with van der Waals surface area (Å²) in [5.41, 5.74) is 4.55. The average molecular weight is 442 g/mol. The van der Waals surface area contributed by atoms with Crippen LogP contribution in [-0.4, -0.2) is 43.2 Å². The Labute approximate surface area is 197 Å². The van der Waals surface area contributed by atoms with Crippen molar-refractivity contribution in [3.8, 4) is 6.07 Å². The van der Waals surface area contributed by atoms with Gasteiger partial charge in [0.15, 0.2) is 0 Å². The maximum absolute atomic E-state index is 13.0. The molecule has 2 atom stereocenters. The highest BCUT2D eigenvalue weighted by Gasteiger charge is 2.26. The fourth-order valence-electron chi connectivity index (χ4n) is 4.61. The van der Waals surface area contributed by atoms with Gasteiger partial charge in [-0.3, -0.25) is 9.79 Å². The third-order valence-corrected chi connectivity index (χ3v) is 6.62. The summed E-state index contributed by atoms with van der Waals surface area (Å²) in [6.45, 7) is 6.24. The monoisotopic (exact) mass is 441 g/mol. The molecule has 33 heavy (non-hydrogen) atoms. The first-order chi connectivity index (χ1) is 16.0. The van der Waals surface area contributed by atoms with Gasteiger partial charge in [0.1, 0.15) is 5.56 Å². The van der Waals surface area contributed by atoms with Gasteiger partial charge >= 0.3 is 6.07 Å². The highest BCUT2D eigenvalue weighted by atomic mass is 16.1. The van der Waals surface area contributed by atoms with Crippen LogP contribution in [0.15, 0.2) is 70.9 Å². The lowest BCUT2D eigenvalue weighted by Crippen LogP contribution is -2.31. The summed E-state index contributed by atoms with van der Waals surface area (Å²) in [6, 6.07) is 21.6. The maximum Gasteiger partial charge on any atom is 0.311 e. The molecule has 1 saturated heterocycles. The van der Waals surface area contributed by atoms with E-state index in [0.717, 1.165) is 54.9 Å². The molecule has 0 bridgehead atoms. The van der Waals surface area contributed by atoms with E-state index < -0.39 is 0 Å². The van der Waals surface area contributed by atoms with Gasteiger partial charge in [0.05, 0.1) is 0 Å². The highest BCUT2D eigenvalue weighted by Crippen LogP contribution is 2.32. The number of carbonyl (C=O) groups excluding carboxylic acids is 1. The fourth-order valence-corrected chi connectivity index (χ4v) is 4.61. The molecular formula is C28H33N4O+. The Morgan fingerprint density at radius 2 is 1.79 bits per heavy atom. The molecule has 2 aliphatic heterocycles. The third kappa shape index (κ3) is 5.97. The number of likely N-dealkylation sites (tertiary alicyclic amines) is 1. The normalized spacial score (nSPS) is 21.8. The van der Waals surface area contributed by atoms with Crippen LogP contribution >= 0.6 is 0 Å². The number of aliphatic imine (C=N–C) groups is 1. The van der Waals surface area contributed by atoms with Crippen LogP contribution in [0.3, 0.4) is 0 Å². The number of amides is 1. The van der Waals surface area contributed by atoms with Gasteiger partial charge < -0.3 is 10.2 Å². The predicted molar refractivity (Wildman–Crippen MR) is 136 cm³/mol. The van der Waals surface area contributed by atoms with Gasteiger partial charge in [0.2, 0.25) is 0 Å². The van der Waals surface area contributed by atoms with E-state index in [1.807, 2.05) is 43.5 Å². The van der Waals surface area contributed by atoms with Crippen LogP contribution in [0.5, 0.6) is 0 Å². The van der Waals surface area contributed by atoms with Crippen molar-refractivity contribution in [2.45, 2.75) is 45.1 Å². The molecule has 5 nitrogen and oxygen atoms in total.